The van der Waals surface area contributed by atoms with Gasteiger partial charge in [-0.05, 0) is 24.1 Å². The Morgan fingerprint density at radius 2 is 1.80 bits per heavy atom. The number of carbonyl (C=O) groups excluding carboxylic acids is 2. The molecule has 30 heavy (non-hydrogen) atoms. The van der Waals surface area contributed by atoms with Gasteiger partial charge in [0, 0.05) is 18.5 Å². The first kappa shape index (κ1) is 20.9. The first-order valence-electron chi connectivity index (χ1n) is 9.27. The summed E-state index contributed by atoms with van der Waals surface area (Å²) in [7, 11) is 1.37. The van der Waals surface area contributed by atoms with Crippen LogP contribution in [0.2, 0.25) is 0 Å². The Labute approximate surface area is 172 Å². The van der Waals surface area contributed by atoms with E-state index in [-0.39, 0.29) is 42.2 Å². The molecule has 0 aliphatic carbocycles. The zero-order valence-corrected chi connectivity index (χ0v) is 16.2. The first-order chi connectivity index (χ1) is 14.3. The van der Waals surface area contributed by atoms with Crippen molar-refractivity contribution in [2.45, 2.75) is 18.9 Å². The molecule has 3 rings (SSSR count). The van der Waals surface area contributed by atoms with Crippen molar-refractivity contribution in [1.82, 2.24) is 4.90 Å². The highest BCUT2D eigenvalue weighted by Crippen LogP contribution is 2.41. The topological polar surface area (TPSA) is 124 Å². The number of benzene rings is 2. The van der Waals surface area contributed by atoms with Crippen LogP contribution in [0.3, 0.4) is 0 Å². The van der Waals surface area contributed by atoms with Gasteiger partial charge in [-0.25, -0.2) is 0 Å². The molecule has 0 radical (unpaired) electrons. The molecule has 0 saturated carbocycles. The molecule has 8 nitrogen and oxygen atoms in total. The van der Waals surface area contributed by atoms with Crippen molar-refractivity contribution >= 4 is 23.4 Å². The van der Waals surface area contributed by atoms with Gasteiger partial charge in [0.2, 0.25) is 0 Å². The van der Waals surface area contributed by atoms with Gasteiger partial charge in [0.05, 0.1) is 18.7 Å². The van der Waals surface area contributed by atoms with Crippen LogP contribution in [0.1, 0.15) is 30.0 Å². The average molecular weight is 411 g/mol. The molecular formula is C22H21NO7. The number of rotatable bonds is 7. The number of phenolic OH excluding ortho intramolecular Hbond substituents is 1. The van der Waals surface area contributed by atoms with Crippen molar-refractivity contribution in [2.24, 2.45) is 0 Å². The van der Waals surface area contributed by atoms with Crippen LogP contribution in [-0.2, 0) is 14.4 Å². The summed E-state index contributed by atoms with van der Waals surface area (Å²) in [5.41, 5.74) is 0.711. The maximum Gasteiger partial charge on any atom is 0.303 e. The minimum Gasteiger partial charge on any atom is -0.507 e. The number of hydrogen-bond acceptors (Lipinski definition) is 6. The molecule has 0 aromatic heterocycles. The van der Waals surface area contributed by atoms with E-state index in [0.717, 1.165) is 0 Å². The lowest BCUT2D eigenvalue weighted by Crippen LogP contribution is -2.31. The van der Waals surface area contributed by atoms with Crippen LogP contribution in [0, 0.1) is 0 Å². The van der Waals surface area contributed by atoms with Crippen LogP contribution in [0.15, 0.2) is 54.1 Å². The largest absolute Gasteiger partial charge is 0.507 e. The van der Waals surface area contributed by atoms with E-state index in [1.165, 1.54) is 30.2 Å². The fraction of sp³-hybridized carbons (Fsp3) is 0.227. The van der Waals surface area contributed by atoms with Gasteiger partial charge >= 0.3 is 5.97 Å². The van der Waals surface area contributed by atoms with E-state index < -0.39 is 23.7 Å². The van der Waals surface area contributed by atoms with Crippen LogP contribution < -0.4 is 4.74 Å². The third-order valence-corrected chi connectivity index (χ3v) is 4.90. The van der Waals surface area contributed by atoms with Gasteiger partial charge in [0.1, 0.15) is 5.76 Å². The molecule has 8 heteroatoms. The number of aliphatic carboxylic acids is 1. The molecule has 1 fully saturated rings. The molecule has 156 valence electrons. The smallest absolute Gasteiger partial charge is 0.303 e. The molecular weight excluding hydrogens is 390 g/mol. The van der Waals surface area contributed by atoms with Crippen molar-refractivity contribution in [1.29, 1.82) is 0 Å². The molecule has 1 atom stereocenters. The van der Waals surface area contributed by atoms with Crippen LogP contribution in [0.4, 0.5) is 0 Å². The summed E-state index contributed by atoms with van der Waals surface area (Å²) in [6.07, 6.45) is -0.0350. The maximum atomic E-state index is 12.8. The highest BCUT2D eigenvalue weighted by atomic mass is 16.5. The number of amides is 1. The number of Topliss-reactive ketones (excluding diaryl/α,β-unsaturated/α-hetero) is 1. The Morgan fingerprint density at radius 1 is 1.10 bits per heavy atom. The van der Waals surface area contributed by atoms with E-state index >= 15 is 0 Å². The van der Waals surface area contributed by atoms with E-state index in [4.69, 9.17) is 9.84 Å². The lowest BCUT2D eigenvalue weighted by atomic mass is 9.95. The fourth-order valence-electron chi connectivity index (χ4n) is 3.47. The first-order valence-corrected chi connectivity index (χ1v) is 9.27. The Kier molecular flexibility index (Phi) is 6.06. The second kappa shape index (κ2) is 8.69. The minimum absolute atomic E-state index is 0.0102. The summed E-state index contributed by atoms with van der Waals surface area (Å²) in [4.78, 5) is 37.7. The minimum atomic E-state index is -1.02. The molecule has 2 aromatic rings. The number of carbonyl (C=O) groups is 3. The van der Waals surface area contributed by atoms with Gasteiger partial charge in [0.15, 0.2) is 11.5 Å². The number of ether oxygens (including phenoxy) is 1. The van der Waals surface area contributed by atoms with Crippen molar-refractivity contribution in [3.63, 3.8) is 0 Å². The third-order valence-electron chi connectivity index (χ3n) is 4.90. The monoisotopic (exact) mass is 411 g/mol. The predicted octanol–water partition coefficient (Wildman–Crippen LogP) is 2.69. The maximum absolute atomic E-state index is 12.8. The number of aliphatic hydroxyl groups excluding tert-OH is 1. The lowest BCUT2D eigenvalue weighted by Gasteiger charge is -2.25. The zero-order valence-electron chi connectivity index (χ0n) is 16.2. The van der Waals surface area contributed by atoms with Gasteiger partial charge < -0.3 is 25.0 Å². The van der Waals surface area contributed by atoms with Crippen LogP contribution in [-0.4, -0.2) is 51.5 Å². The molecule has 1 unspecified atom stereocenters. The number of likely N-dealkylation sites (tertiary alicyclic amines) is 1. The number of carboxylic acid groups (broad SMARTS) is 1. The number of ketones is 1. The molecule has 1 heterocycles. The second-order valence-corrected chi connectivity index (χ2v) is 6.79. The van der Waals surface area contributed by atoms with Gasteiger partial charge in [-0.1, -0.05) is 36.4 Å². The van der Waals surface area contributed by atoms with Crippen LogP contribution in [0.5, 0.6) is 11.5 Å². The summed E-state index contributed by atoms with van der Waals surface area (Å²) < 4.78 is 5.13. The van der Waals surface area contributed by atoms with Crippen molar-refractivity contribution in [3.8, 4) is 11.5 Å². The van der Waals surface area contributed by atoms with E-state index in [2.05, 4.69) is 0 Å². The fourth-order valence-corrected chi connectivity index (χ4v) is 3.47. The summed E-state index contributed by atoms with van der Waals surface area (Å²) >= 11 is 0. The standard InChI is InChI=1S/C22H21NO7/c1-30-16-12-14(9-10-15(16)24)19-18(20(27)13-6-3-2-4-7-13)21(28)22(29)23(19)11-5-8-17(25)26/h2-4,6-7,9-10,12,19,24,27H,5,8,11H2,1H3,(H,25,26)/b20-18+. The van der Waals surface area contributed by atoms with Crippen LogP contribution in [0.25, 0.3) is 5.76 Å². The number of carboxylic acids is 1. The quantitative estimate of drug-likeness (QED) is 0.363. The second-order valence-electron chi connectivity index (χ2n) is 6.79. The Hall–Kier alpha value is -3.81. The predicted molar refractivity (Wildman–Crippen MR) is 107 cm³/mol. The zero-order chi connectivity index (χ0) is 21.8. The van der Waals surface area contributed by atoms with Crippen molar-refractivity contribution < 1.29 is 34.4 Å². The number of aliphatic hydroxyl groups is 1. The molecule has 1 aliphatic rings. The SMILES string of the molecule is COc1cc(C2/C(=C(\O)c3ccccc3)C(=O)C(=O)N2CCCC(=O)O)ccc1O. The highest BCUT2D eigenvalue weighted by Gasteiger charge is 2.46. The molecule has 1 amide bonds. The summed E-state index contributed by atoms with van der Waals surface area (Å²) in [5, 5.41) is 29.7. The average Bonchev–Trinajstić information content (AvgIpc) is 2.99. The van der Waals surface area contributed by atoms with E-state index in [9.17, 15) is 24.6 Å². The van der Waals surface area contributed by atoms with Gasteiger partial charge in [-0.3, -0.25) is 14.4 Å². The van der Waals surface area contributed by atoms with E-state index in [1.807, 2.05) is 0 Å². The Balaban J connectivity index is 2.13. The number of aromatic hydroxyl groups is 1. The molecule has 1 saturated heterocycles. The number of nitrogens with zero attached hydrogens (tertiary/aromatic N) is 1. The molecule has 0 spiro atoms. The summed E-state index contributed by atoms with van der Waals surface area (Å²) in [5.74, 6) is -3.00. The summed E-state index contributed by atoms with van der Waals surface area (Å²) in [6, 6.07) is 11.8. The van der Waals surface area contributed by atoms with Gasteiger partial charge in [0.25, 0.3) is 11.7 Å². The number of hydrogen-bond donors (Lipinski definition) is 3. The molecule has 3 N–H and O–H groups in total. The van der Waals surface area contributed by atoms with E-state index in [0.29, 0.717) is 11.1 Å². The molecule has 2 aromatic carbocycles. The number of methoxy groups -OCH3 is 1. The van der Waals surface area contributed by atoms with E-state index in [1.54, 1.807) is 30.3 Å². The number of phenols is 1. The molecule has 1 aliphatic heterocycles. The van der Waals surface area contributed by atoms with Crippen molar-refractivity contribution in [3.05, 3.63) is 65.2 Å². The van der Waals surface area contributed by atoms with Crippen molar-refractivity contribution in [2.75, 3.05) is 13.7 Å². The Morgan fingerprint density at radius 3 is 2.43 bits per heavy atom. The third kappa shape index (κ3) is 3.98. The van der Waals surface area contributed by atoms with Gasteiger partial charge in [-0.2, -0.15) is 0 Å². The highest BCUT2D eigenvalue weighted by molar-refractivity contribution is 6.46. The molecule has 0 bridgehead atoms. The normalized spacial score (nSPS) is 17.9. The Bertz CT molecular complexity index is 1010. The lowest BCUT2D eigenvalue weighted by molar-refractivity contribution is -0.140. The van der Waals surface area contributed by atoms with Crippen LogP contribution >= 0.6 is 0 Å². The summed E-state index contributed by atoms with van der Waals surface area (Å²) in [6.45, 7) is 0.0102. The van der Waals surface area contributed by atoms with Gasteiger partial charge in [-0.15, -0.1) is 0 Å².